The van der Waals surface area contributed by atoms with Gasteiger partial charge in [0.15, 0.2) is 11.7 Å². The van der Waals surface area contributed by atoms with Crippen molar-refractivity contribution in [2.75, 3.05) is 45.3 Å². The number of aryl methyl sites for hydroxylation is 1. The maximum Gasteiger partial charge on any atom is 0.317 e. The summed E-state index contributed by atoms with van der Waals surface area (Å²) in [7, 11) is 3.29. The van der Waals surface area contributed by atoms with E-state index >= 15 is 0 Å². The van der Waals surface area contributed by atoms with Crippen LogP contribution >= 0.6 is 0 Å². The van der Waals surface area contributed by atoms with Crippen LogP contribution in [0.15, 0.2) is 53.1 Å². The third-order valence-electron chi connectivity index (χ3n) is 5.80. The van der Waals surface area contributed by atoms with Crippen molar-refractivity contribution in [3.63, 3.8) is 0 Å². The van der Waals surface area contributed by atoms with Gasteiger partial charge >= 0.3 is 6.03 Å². The zero-order chi connectivity index (χ0) is 23.2. The lowest BCUT2D eigenvalue weighted by Gasteiger charge is -2.24. The molecule has 0 saturated carbocycles. The lowest BCUT2D eigenvalue weighted by molar-refractivity contribution is 0.201. The first kappa shape index (κ1) is 22.5. The Morgan fingerprint density at radius 3 is 2.73 bits per heavy atom. The van der Waals surface area contributed by atoms with Gasteiger partial charge in [-0.3, -0.25) is 0 Å². The number of hydrogen-bond acceptors (Lipinski definition) is 6. The number of nitrogens with zero attached hydrogens (tertiary/aromatic N) is 3. The molecule has 1 aromatic heterocycles. The van der Waals surface area contributed by atoms with Gasteiger partial charge in [-0.15, -0.1) is 0 Å². The number of nitrogens with one attached hydrogen (secondary N) is 1. The van der Waals surface area contributed by atoms with E-state index in [-0.39, 0.29) is 6.03 Å². The highest BCUT2D eigenvalue weighted by molar-refractivity contribution is 5.74. The SMILES string of the molecule is COc1cccc(CNC(=O)N2CCCN(c3ccc(-c4cnc(C)o4)c(OC)c3)CC2)c1. The fourth-order valence-electron chi connectivity index (χ4n) is 4.02. The van der Waals surface area contributed by atoms with E-state index in [4.69, 9.17) is 13.9 Å². The molecule has 2 amide bonds. The number of rotatable bonds is 6. The third-order valence-corrected chi connectivity index (χ3v) is 5.80. The van der Waals surface area contributed by atoms with Gasteiger partial charge in [0.05, 0.1) is 26.0 Å². The van der Waals surface area contributed by atoms with Crippen LogP contribution in [0.2, 0.25) is 0 Å². The molecule has 0 spiro atoms. The van der Waals surface area contributed by atoms with E-state index in [1.807, 2.05) is 48.2 Å². The van der Waals surface area contributed by atoms with Gasteiger partial charge in [-0.25, -0.2) is 9.78 Å². The summed E-state index contributed by atoms with van der Waals surface area (Å²) < 4.78 is 16.5. The second kappa shape index (κ2) is 10.3. The fourth-order valence-corrected chi connectivity index (χ4v) is 4.02. The van der Waals surface area contributed by atoms with Crippen molar-refractivity contribution in [3.05, 3.63) is 60.1 Å². The van der Waals surface area contributed by atoms with E-state index in [9.17, 15) is 4.79 Å². The monoisotopic (exact) mass is 450 g/mol. The lowest BCUT2D eigenvalue weighted by Crippen LogP contribution is -2.41. The molecule has 0 atom stereocenters. The average Bonchev–Trinajstić information content (AvgIpc) is 3.13. The zero-order valence-electron chi connectivity index (χ0n) is 19.3. The molecule has 1 aliphatic heterocycles. The average molecular weight is 451 g/mol. The summed E-state index contributed by atoms with van der Waals surface area (Å²) in [4.78, 5) is 21.1. The number of oxazole rings is 1. The molecule has 4 rings (SSSR count). The second-order valence-electron chi connectivity index (χ2n) is 7.97. The van der Waals surface area contributed by atoms with Gasteiger partial charge in [-0.2, -0.15) is 0 Å². The van der Waals surface area contributed by atoms with Gasteiger partial charge < -0.3 is 29.0 Å². The highest BCUT2D eigenvalue weighted by Gasteiger charge is 2.20. The van der Waals surface area contributed by atoms with Crippen molar-refractivity contribution in [1.29, 1.82) is 0 Å². The van der Waals surface area contributed by atoms with Crippen molar-refractivity contribution >= 4 is 11.7 Å². The molecule has 3 aromatic rings. The van der Waals surface area contributed by atoms with Gasteiger partial charge in [-0.05, 0) is 36.2 Å². The Labute approximate surface area is 194 Å². The smallest absolute Gasteiger partial charge is 0.317 e. The van der Waals surface area contributed by atoms with Crippen LogP contribution in [0.1, 0.15) is 17.9 Å². The molecule has 1 saturated heterocycles. The molecule has 0 unspecified atom stereocenters. The molecule has 1 N–H and O–H groups in total. The van der Waals surface area contributed by atoms with Gasteiger partial charge in [0.25, 0.3) is 0 Å². The minimum atomic E-state index is -0.0479. The first-order chi connectivity index (χ1) is 16.1. The van der Waals surface area contributed by atoms with Gasteiger partial charge in [0.1, 0.15) is 11.5 Å². The highest BCUT2D eigenvalue weighted by Crippen LogP contribution is 2.34. The largest absolute Gasteiger partial charge is 0.497 e. The maximum atomic E-state index is 12.8. The van der Waals surface area contributed by atoms with E-state index in [0.29, 0.717) is 31.3 Å². The van der Waals surface area contributed by atoms with Crippen LogP contribution in [0.4, 0.5) is 10.5 Å². The standard InChI is InChI=1S/C25H30N4O4/c1-18-26-17-24(33-18)22-9-8-20(15-23(22)32-3)28-10-5-11-29(13-12-28)25(30)27-16-19-6-4-7-21(14-19)31-2/h4,6-9,14-15,17H,5,10-13,16H2,1-3H3,(H,27,30). The van der Waals surface area contributed by atoms with Crippen molar-refractivity contribution in [2.45, 2.75) is 19.9 Å². The number of carbonyl (C=O) groups excluding carboxylic acids is 1. The molecule has 33 heavy (non-hydrogen) atoms. The summed E-state index contributed by atoms with van der Waals surface area (Å²) in [6, 6.07) is 13.8. The molecule has 2 heterocycles. The van der Waals surface area contributed by atoms with E-state index < -0.39 is 0 Å². The van der Waals surface area contributed by atoms with Crippen molar-refractivity contribution in [1.82, 2.24) is 15.2 Å². The second-order valence-corrected chi connectivity index (χ2v) is 7.97. The number of aromatic nitrogens is 1. The maximum absolute atomic E-state index is 12.8. The number of hydrogen-bond donors (Lipinski definition) is 1. The van der Waals surface area contributed by atoms with Crippen molar-refractivity contribution in [3.8, 4) is 22.8 Å². The molecule has 0 radical (unpaired) electrons. The first-order valence-corrected chi connectivity index (χ1v) is 11.1. The molecular weight excluding hydrogens is 420 g/mol. The minimum absolute atomic E-state index is 0.0479. The molecule has 1 aliphatic rings. The number of methoxy groups -OCH3 is 2. The molecule has 0 bridgehead atoms. The van der Waals surface area contributed by atoms with Crippen LogP contribution in [0.5, 0.6) is 11.5 Å². The Hall–Kier alpha value is -3.68. The van der Waals surface area contributed by atoms with Crippen LogP contribution in [-0.2, 0) is 6.54 Å². The van der Waals surface area contributed by atoms with Gasteiger partial charge in [0.2, 0.25) is 0 Å². The Balaban J connectivity index is 1.37. The number of benzene rings is 2. The van der Waals surface area contributed by atoms with E-state index in [1.165, 1.54) is 0 Å². The molecule has 8 heteroatoms. The summed E-state index contributed by atoms with van der Waals surface area (Å²) in [5.41, 5.74) is 2.94. The predicted molar refractivity (Wildman–Crippen MR) is 127 cm³/mol. The number of urea groups is 1. The van der Waals surface area contributed by atoms with Crippen LogP contribution in [-0.4, -0.2) is 56.3 Å². The predicted octanol–water partition coefficient (Wildman–Crippen LogP) is 4.09. The van der Waals surface area contributed by atoms with Crippen molar-refractivity contribution < 1.29 is 18.7 Å². The molecule has 1 fully saturated rings. The first-order valence-electron chi connectivity index (χ1n) is 11.1. The van der Waals surface area contributed by atoms with Crippen molar-refractivity contribution in [2.24, 2.45) is 0 Å². The third kappa shape index (κ3) is 5.39. The quantitative estimate of drug-likeness (QED) is 0.609. The summed E-state index contributed by atoms with van der Waals surface area (Å²) in [6.45, 7) is 5.26. The summed E-state index contributed by atoms with van der Waals surface area (Å²) >= 11 is 0. The number of ether oxygens (including phenoxy) is 2. The van der Waals surface area contributed by atoms with E-state index in [0.717, 1.165) is 47.8 Å². The summed E-state index contributed by atoms with van der Waals surface area (Å²) in [5, 5.41) is 3.02. The van der Waals surface area contributed by atoms with Gasteiger partial charge in [-0.1, -0.05) is 12.1 Å². The Kier molecular flexibility index (Phi) is 7.02. The van der Waals surface area contributed by atoms with Crippen LogP contribution in [0.25, 0.3) is 11.3 Å². The van der Waals surface area contributed by atoms with Crippen LogP contribution in [0, 0.1) is 6.92 Å². The molecule has 2 aromatic carbocycles. The summed E-state index contributed by atoms with van der Waals surface area (Å²) in [6.07, 6.45) is 2.60. The highest BCUT2D eigenvalue weighted by atomic mass is 16.5. The fraction of sp³-hybridized carbons (Fsp3) is 0.360. The topological polar surface area (TPSA) is 80.1 Å². The van der Waals surface area contributed by atoms with Crippen LogP contribution < -0.4 is 19.7 Å². The zero-order valence-corrected chi connectivity index (χ0v) is 19.3. The van der Waals surface area contributed by atoms with Crippen LogP contribution in [0.3, 0.4) is 0 Å². The van der Waals surface area contributed by atoms with E-state index in [1.54, 1.807) is 20.4 Å². The van der Waals surface area contributed by atoms with Gasteiger partial charge in [0, 0.05) is 51.4 Å². The lowest BCUT2D eigenvalue weighted by atomic mass is 10.1. The summed E-state index contributed by atoms with van der Waals surface area (Å²) in [5.74, 6) is 2.83. The van der Waals surface area contributed by atoms with E-state index in [2.05, 4.69) is 21.3 Å². The normalized spacial score (nSPS) is 14.0. The Morgan fingerprint density at radius 2 is 1.97 bits per heavy atom. The molecule has 0 aliphatic carbocycles. The Morgan fingerprint density at radius 1 is 1.09 bits per heavy atom. The molecular formula is C25H30N4O4. The molecule has 8 nitrogen and oxygen atoms in total. The molecule has 174 valence electrons. The number of amides is 2. The number of anilines is 1. The number of carbonyl (C=O) groups is 1. The Bertz CT molecular complexity index is 1100. The minimum Gasteiger partial charge on any atom is -0.497 e.